The second-order valence-corrected chi connectivity index (χ2v) is 12.8. The lowest BCUT2D eigenvalue weighted by molar-refractivity contribution is -0.0712. The molecule has 2 unspecified atom stereocenters. The maximum absolute atomic E-state index is 14.9. The van der Waals surface area contributed by atoms with Gasteiger partial charge in [-0.2, -0.15) is 0 Å². The van der Waals surface area contributed by atoms with Crippen molar-refractivity contribution < 1.29 is 32.9 Å². The van der Waals surface area contributed by atoms with E-state index >= 15 is 0 Å². The van der Waals surface area contributed by atoms with Crippen molar-refractivity contribution in [1.29, 1.82) is 0 Å². The Labute approximate surface area is 270 Å². The third-order valence-electron chi connectivity index (χ3n) is 9.32. The number of hydrogen-bond acceptors (Lipinski definition) is 6. The van der Waals surface area contributed by atoms with Gasteiger partial charge in [0, 0.05) is 35.4 Å². The van der Waals surface area contributed by atoms with E-state index in [-0.39, 0.29) is 23.1 Å². The Bertz CT molecular complexity index is 1820. The van der Waals surface area contributed by atoms with Crippen molar-refractivity contribution in [2.45, 2.75) is 64.0 Å². The van der Waals surface area contributed by atoms with Crippen LogP contribution in [0.4, 0.5) is 8.78 Å². The number of carboxylic acids is 1. The predicted octanol–water partition coefficient (Wildman–Crippen LogP) is 7.30. The largest absolute Gasteiger partial charge is 0.478 e. The number of para-hydroxylation sites is 1. The maximum atomic E-state index is 14.9. The number of carbonyl (C=O) groups is 1. The van der Waals surface area contributed by atoms with E-state index in [1.807, 2.05) is 19.1 Å². The van der Waals surface area contributed by atoms with Crippen molar-refractivity contribution in [3.63, 3.8) is 0 Å². The summed E-state index contributed by atoms with van der Waals surface area (Å²) in [5.41, 5.74) is 3.06. The van der Waals surface area contributed by atoms with Gasteiger partial charge in [0.05, 0.1) is 36.0 Å². The molecule has 3 aliphatic heterocycles. The van der Waals surface area contributed by atoms with Crippen LogP contribution in [0.15, 0.2) is 54.6 Å². The zero-order valence-corrected chi connectivity index (χ0v) is 26.3. The normalized spacial score (nSPS) is 21.4. The van der Waals surface area contributed by atoms with Crippen LogP contribution >= 0.6 is 11.6 Å². The number of piperidine rings is 1. The molecule has 46 heavy (non-hydrogen) atoms. The maximum Gasteiger partial charge on any atom is 0.335 e. The van der Waals surface area contributed by atoms with Gasteiger partial charge in [-0.15, -0.1) is 0 Å². The second-order valence-electron chi connectivity index (χ2n) is 12.4. The van der Waals surface area contributed by atoms with E-state index in [4.69, 9.17) is 30.8 Å². The highest BCUT2D eigenvalue weighted by atomic mass is 35.5. The molecule has 4 aromatic rings. The third-order valence-corrected chi connectivity index (χ3v) is 9.56. The van der Waals surface area contributed by atoms with Crippen molar-refractivity contribution in [3.8, 4) is 22.8 Å². The van der Waals surface area contributed by atoms with Crippen molar-refractivity contribution in [2.75, 3.05) is 19.7 Å². The highest BCUT2D eigenvalue weighted by Crippen LogP contribution is 2.50. The highest BCUT2D eigenvalue weighted by Gasteiger charge is 2.43. The van der Waals surface area contributed by atoms with Crippen molar-refractivity contribution >= 4 is 17.6 Å². The lowest BCUT2D eigenvalue weighted by Gasteiger charge is -2.33. The standard InChI is InChI=1S/C35H34ClF2N3O5/c1-20-32(22-14-23(34(42)43)16-25(37)15-22)39-31(41(20)18-26-10-13-44-26)19-40-11-8-21(9-12-40)27-4-3-5-30-33(27)46-35(2,45-30)28-7-6-24(36)17-29(28)38/h3-7,14-17,21,26H,8-13,18-19H2,1-2H3,(H,42,43). The van der Waals surface area contributed by atoms with Gasteiger partial charge in [-0.05, 0) is 87.7 Å². The Morgan fingerprint density at radius 1 is 1.09 bits per heavy atom. The molecule has 0 radical (unpaired) electrons. The number of carboxylic acid groups (broad SMARTS) is 1. The lowest BCUT2D eigenvalue weighted by Crippen LogP contribution is -2.35. The molecule has 240 valence electrons. The van der Waals surface area contributed by atoms with E-state index < -0.39 is 23.4 Å². The molecule has 3 aromatic carbocycles. The highest BCUT2D eigenvalue weighted by molar-refractivity contribution is 6.30. The molecule has 2 fully saturated rings. The summed E-state index contributed by atoms with van der Waals surface area (Å²) in [6, 6.07) is 14.1. The van der Waals surface area contributed by atoms with Gasteiger partial charge < -0.3 is 23.9 Å². The number of likely N-dealkylation sites (tertiary alicyclic amines) is 1. The summed E-state index contributed by atoms with van der Waals surface area (Å²) in [7, 11) is 0. The summed E-state index contributed by atoms with van der Waals surface area (Å²) in [5, 5.41) is 9.79. The molecule has 3 aliphatic rings. The van der Waals surface area contributed by atoms with Crippen LogP contribution in [0, 0.1) is 18.6 Å². The molecule has 1 N–H and O–H groups in total. The first kappa shape index (κ1) is 30.7. The van der Waals surface area contributed by atoms with Gasteiger partial charge in [-0.25, -0.2) is 18.6 Å². The molecule has 11 heteroatoms. The molecule has 7 rings (SSSR count). The molecule has 0 amide bonds. The number of fused-ring (bicyclic) bond motifs is 1. The minimum atomic E-state index is -1.31. The van der Waals surface area contributed by atoms with Gasteiger partial charge in [-0.1, -0.05) is 23.7 Å². The predicted molar refractivity (Wildman–Crippen MR) is 167 cm³/mol. The molecule has 1 aromatic heterocycles. The first-order valence-electron chi connectivity index (χ1n) is 15.5. The van der Waals surface area contributed by atoms with Gasteiger partial charge >= 0.3 is 5.97 Å². The number of nitrogens with zero attached hydrogens (tertiary/aromatic N) is 3. The molecular formula is C35H34ClF2N3O5. The molecule has 0 aliphatic carbocycles. The SMILES string of the molecule is Cc1c(-c2cc(F)cc(C(=O)O)c2)nc(CN2CCC(c3cccc4c3OC(C)(c3ccc(Cl)cc3F)O4)CC2)n1CC1CCO1. The van der Waals surface area contributed by atoms with Gasteiger partial charge in [0.1, 0.15) is 17.5 Å². The van der Waals surface area contributed by atoms with Crippen LogP contribution in [0.2, 0.25) is 5.02 Å². The van der Waals surface area contributed by atoms with Crippen molar-refractivity contribution in [1.82, 2.24) is 14.5 Å². The Balaban J connectivity index is 1.09. The van der Waals surface area contributed by atoms with Crippen LogP contribution in [-0.2, 0) is 23.6 Å². The van der Waals surface area contributed by atoms with Crippen LogP contribution in [0.1, 0.15) is 65.1 Å². The van der Waals surface area contributed by atoms with Crippen LogP contribution in [0.5, 0.6) is 11.5 Å². The van der Waals surface area contributed by atoms with E-state index in [0.29, 0.717) is 40.9 Å². The monoisotopic (exact) mass is 649 g/mol. The minimum absolute atomic E-state index is 0.0850. The number of imidazole rings is 1. The Hall–Kier alpha value is -3.99. The van der Waals surface area contributed by atoms with E-state index in [9.17, 15) is 18.7 Å². The topological polar surface area (TPSA) is 86.0 Å². The summed E-state index contributed by atoms with van der Waals surface area (Å²) in [4.78, 5) is 18.9. The molecule has 4 heterocycles. The minimum Gasteiger partial charge on any atom is -0.478 e. The fraction of sp³-hybridized carbons (Fsp3) is 0.371. The van der Waals surface area contributed by atoms with Crippen molar-refractivity contribution in [2.24, 2.45) is 0 Å². The van der Waals surface area contributed by atoms with E-state index in [1.54, 1.807) is 19.1 Å². The molecule has 2 atom stereocenters. The number of halogens is 3. The van der Waals surface area contributed by atoms with E-state index in [1.165, 1.54) is 18.2 Å². The molecule has 0 bridgehead atoms. The Morgan fingerprint density at radius 3 is 2.57 bits per heavy atom. The molecule has 2 saturated heterocycles. The first-order chi connectivity index (χ1) is 22.1. The molecule has 0 saturated carbocycles. The van der Waals surface area contributed by atoms with E-state index in [0.717, 1.165) is 62.1 Å². The number of aromatic carboxylic acids is 1. The van der Waals surface area contributed by atoms with Gasteiger partial charge in [0.15, 0.2) is 11.5 Å². The number of aromatic nitrogens is 2. The summed E-state index contributed by atoms with van der Waals surface area (Å²) < 4.78 is 49.7. The Morgan fingerprint density at radius 2 is 1.87 bits per heavy atom. The summed E-state index contributed by atoms with van der Waals surface area (Å²) in [6.45, 7) is 7.21. The average Bonchev–Trinajstić information content (AvgIpc) is 3.50. The van der Waals surface area contributed by atoms with Gasteiger partial charge in [0.2, 0.25) is 0 Å². The van der Waals surface area contributed by atoms with Gasteiger partial charge in [0.25, 0.3) is 5.79 Å². The van der Waals surface area contributed by atoms with Crippen LogP contribution in [-0.4, -0.2) is 51.3 Å². The fourth-order valence-corrected chi connectivity index (χ4v) is 6.91. The van der Waals surface area contributed by atoms with E-state index in [2.05, 4.69) is 15.5 Å². The quantitative estimate of drug-likeness (QED) is 0.214. The second kappa shape index (κ2) is 12.0. The van der Waals surface area contributed by atoms with Gasteiger partial charge in [-0.3, -0.25) is 4.90 Å². The van der Waals surface area contributed by atoms with Crippen LogP contribution in [0.3, 0.4) is 0 Å². The molecule has 0 spiro atoms. The summed E-state index contributed by atoms with van der Waals surface area (Å²) in [6.07, 6.45) is 2.78. The summed E-state index contributed by atoms with van der Waals surface area (Å²) in [5.74, 6) is -1.32. The number of rotatable bonds is 8. The number of benzene rings is 3. The summed E-state index contributed by atoms with van der Waals surface area (Å²) >= 11 is 5.98. The lowest BCUT2D eigenvalue weighted by atomic mass is 9.88. The zero-order chi connectivity index (χ0) is 32.2. The first-order valence-corrected chi connectivity index (χ1v) is 15.9. The third kappa shape index (κ3) is 5.74. The Kier molecular flexibility index (Phi) is 7.99. The smallest absolute Gasteiger partial charge is 0.335 e. The number of hydrogen-bond donors (Lipinski definition) is 1. The van der Waals surface area contributed by atoms with Crippen LogP contribution < -0.4 is 9.47 Å². The average molecular weight is 650 g/mol. The number of ether oxygens (including phenoxy) is 3. The fourth-order valence-electron chi connectivity index (χ4n) is 6.75. The molecular weight excluding hydrogens is 616 g/mol. The van der Waals surface area contributed by atoms with Crippen LogP contribution in [0.25, 0.3) is 11.3 Å². The molecule has 8 nitrogen and oxygen atoms in total. The van der Waals surface area contributed by atoms with Crippen molar-refractivity contribution in [3.05, 3.63) is 99.5 Å². The zero-order valence-electron chi connectivity index (χ0n) is 25.6.